The maximum Gasteiger partial charge on any atom is 0.251 e. The number of carbonyl (C=O) groups excluding carboxylic acids is 1. The molecule has 0 aliphatic carbocycles. The van der Waals surface area contributed by atoms with Crippen molar-refractivity contribution >= 4 is 34.5 Å². The molecule has 106 valence electrons. The average molecular weight is 309 g/mol. The number of hydrogen-bond donors (Lipinski definition) is 1. The number of thiophene rings is 1. The van der Waals surface area contributed by atoms with Crippen molar-refractivity contribution in [2.45, 2.75) is 13.0 Å². The third-order valence-corrected chi connectivity index (χ3v) is 4.41. The highest BCUT2D eigenvalue weighted by molar-refractivity contribution is 7.16. The Morgan fingerprint density at radius 2 is 2.05 bits per heavy atom. The van der Waals surface area contributed by atoms with Crippen molar-refractivity contribution in [3.05, 3.63) is 51.2 Å². The van der Waals surface area contributed by atoms with E-state index >= 15 is 0 Å². The Bertz CT molecular complexity index is 609. The lowest BCUT2D eigenvalue weighted by Gasteiger charge is -2.15. The van der Waals surface area contributed by atoms with Gasteiger partial charge in [-0.25, -0.2) is 0 Å². The maximum atomic E-state index is 12.3. The van der Waals surface area contributed by atoms with E-state index in [2.05, 4.69) is 5.32 Å². The molecule has 1 atom stereocenters. The molecule has 0 unspecified atom stereocenters. The van der Waals surface area contributed by atoms with E-state index in [1.165, 1.54) is 11.3 Å². The van der Waals surface area contributed by atoms with E-state index in [9.17, 15) is 4.79 Å². The van der Waals surface area contributed by atoms with Crippen molar-refractivity contribution in [1.82, 2.24) is 5.32 Å². The minimum Gasteiger partial charge on any atom is -0.378 e. The van der Waals surface area contributed by atoms with Crippen molar-refractivity contribution in [3.8, 4) is 0 Å². The van der Waals surface area contributed by atoms with Gasteiger partial charge in [0.25, 0.3) is 5.91 Å². The summed E-state index contributed by atoms with van der Waals surface area (Å²) >= 11 is 7.40. The summed E-state index contributed by atoms with van der Waals surface area (Å²) in [5.41, 5.74) is 1.66. The monoisotopic (exact) mass is 308 g/mol. The Balaban J connectivity index is 2.10. The third-order valence-electron chi connectivity index (χ3n) is 2.99. The summed E-state index contributed by atoms with van der Waals surface area (Å²) in [4.78, 5) is 15.3. The van der Waals surface area contributed by atoms with Gasteiger partial charge < -0.3 is 10.2 Å². The molecule has 0 saturated carbocycles. The summed E-state index contributed by atoms with van der Waals surface area (Å²) < 4.78 is 0.732. The molecular weight excluding hydrogens is 292 g/mol. The van der Waals surface area contributed by atoms with Crippen LogP contribution in [0.2, 0.25) is 4.34 Å². The van der Waals surface area contributed by atoms with Crippen molar-refractivity contribution in [2.24, 2.45) is 0 Å². The fraction of sp³-hybridized carbons (Fsp3) is 0.267. The van der Waals surface area contributed by atoms with Crippen LogP contribution in [0.4, 0.5) is 5.69 Å². The zero-order valence-corrected chi connectivity index (χ0v) is 13.3. The number of amides is 1. The molecule has 3 nitrogen and oxygen atoms in total. The normalized spacial score (nSPS) is 12.0. The molecule has 5 heteroatoms. The lowest BCUT2D eigenvalue weighted by Crippen LogP contribution is -2.26. The minimum atomic E-state index is -0.0780. The molecule has 1 amide bonds. The third kappa shape index (κ3) is 3.52. The van der Waals surface area contributed by atoms with Crippen molar-refractivity contribution < 1.29 is 4.79 Å². The predicted molar refractivity (Wildman–Crippen MR) is 86.0 cm³/mol. The second-order valence-corrected chi connectivity index (χ2v) is 6.53. The fourth-order valence-electron chi connectivity index (χ4n) is 1.84. The summed E-state index contributed by atoms with van der Waals surface area (Å²) in [6.45, 7) is 1.95. The first-order chi connectivity index (χ1) is 9.47. The van der Waals surface area contributed by atoms with Crippen LogP contribution in [0.3, 0.4) is 0 Å². The van der Waals surface area contributed by atoms with E-state index in [4.69, 9.17) is 11.6 Å². The first kappa shape index (κ1) is 14.9. The second-order valence-electron chi connectivity index (χ2n) is 4.78. The molecule has 1 aromatic carbocycles. The van der Waals surface area contributed by atoms with Gasteiger partial charge in [-0.3, -0.25) is 4.79 Å². The van der Waals surface area contributed by atoms with Gasteiger partial charge in [-0.1, -0.05) is 17.7 Å². The molecule has 20 heavy (non-hydrogen) atoms. The fourth-order valence-corrected chi connectivity index (χ4v) is 2.90. The van der Waals surface area contributed by atoms with E-state index < -0.39 is 0 Å². The Morgan fingerprint density at radius 1 is 1.30 bits per heavy atom. The van der Waals surface area contributed by atoms with Gasteiger partial charge in [-0.15, -0.1) is 11.3 Å². The van der Waals surface area contributed by atoms with Gasteiger partial charge in [-0.05, 0) is 37.3 Å². The Kier molecular flexibility index (Phi) is 4.68. The lowest BCUT2D eigenvalue weighted by molar-refractivity contribution is 0.0940. The molecule has 0 fully saturated rings. The van der Waals surface area contributed by atoms with Gasteiger partial charge in [0.2, 0.25) is 0 Å². The molecule has 0 spiro atoms. The molecule has 1 aromatic heterocycles. The first-order valence-corrected chi connectivity index (χ1v) is 7.50. The van der Waals surface area contributed by atoms with Crippen LogP contribution < -0.4 is 10.2 Å². The Morgan fingerprint density at radius 3 is 2.65 bits per heavy atom. The van der Waals surface area contributed by atoms with Crippen molar-refractivity contribution in [1.29, 1.82) is 0 Å². The van der Waals surface area contributed by atoms with Gasteiger partial charge in [0, 0.05) is 30.2 Å². The highest BCUT2D eigenvalue weighted by atomic mass is 35.5. The molecule has 0 bridgehead atoms. The van der Waals surface area contributed by atoms with Crippen LogP contribution in [-0.2, 0) is 0 Å². The molecule has 0 radical (unpaired) electrons. The number of anilines is 1. The van der Waals surface area contributed by atoms with E-state index in [-0.39, 0.29) is 11.9 Å². The molecule has 0 saturated heterocycles. The van der Waals surface area contributed by atoms with Crippen LogP contribution in [0.25, 0.3) is 0 Å². The number of benzene rings is 1. The van der Waals surface area contributed by atoms with E-state index in [1.807, 2.05) is 62.3 Å². The van der Waals surface area contributed by atoms with Gasteiger partial charge in [0.15, 0.2) is 0 Å². The Labute approximate surface area is 128 Å². The van der Waals surface area contributed by atoms with Crippen molar-refractivity contribution in [3.63, 3.8) is 0 Å². The number of carbonyl (C=O) groups is 1. The topological polar surface area (TPSA) is 32.3 Å². The van der Waals surface area contributed by atoms with Gasteiger partial charge in [0.1, 0.15) is 0 Å². The Hall–Kier alpha value is -1.52. The quantitative estimate of drug-likeness (QED) is 0.927. The largest absolute Gasteiger partial charge is 0.378 e. The number of halogens is 1. The molecular formula is C15H17ClN2OS. The predicted octanol–water partition coefficient (Wildman–Crippen LogP) is 3.96. The highest BCUT2D eigenvalue weighted by Crippen LogP contribution is 2.26. The number of nitrogens with zero attached hydrogens (tertiary/aromatic N) is 1. The summed E-state index contributed by atoms with van der Waals surface area (Å²) in [7, 11) is 3.90. The number of hydrogen-bond acceptors (Lipinski definition) is 3. The SMILES string of the molecule is C[C@@H](NC(=O)c1cccc(N(C)C)c1)c1ccc(Cl)s1. The first-order valence-electron chi connectivity index (χ1n) is 6.31. The molecule has 1 heterocycles. The van der Waals surface area contributed by atoms with Crippen LogP contribution in [0.15, 0.2) is 36.4 Å². The number of nitrogens with one attached hydrogen (secondary N) is 1. The molecule has 1 N–H and O–H groups in total. The molecule has 0 aliphatic rings. The van der Waals surface area contributed by atoms with Gasteiger partial charge in [0.05, 0.1) is 10.4 Å². The van der Waals surface area contributed by atoms with Crippen LogP contribution in [0.1, 0.15) is 28.2 Å². The van der Waals surface area contributed by atoms with Gasteiger partial charge in [-0.2, -0.15) is 0 Å². The van der Waals surface area contributed by atoms with Crippen LogP contribution in [0, 0.1) is 0 Å². The smallest absolute Gasteiger partial charge is 0.251 e. The van der Waals surface area contributed by atoms with Crippen LogP contribution >= 0.6 is 22.9 Å². The maximum absolute atomic E-state index is 12.3. The summed E-state index contributed by atoms with van der Waals surface area (Å²) in [6, 6.07) is 11.3. The minimum absolute atomic E-state index is 0.0528. The molecule has 2 rings (SSSR count). The highest BCUT2D eigenvalue weighted by Gasteiger charge is 2.13. The zero-order valence-electron chi connectivity index (χ0n) is 11.7. The second kappa shape index (κ2) is 6.29. The number of rotatable bonds is 4. The summed E-state index contributed by atoms with van der Waals surface area (Å²) in [5.74, 6) is -0.0780. The van der Waals surface area contributed by atoms with Crippen LogP contribution in [0.5, 0.6) is 0 Å². The van der Waals surface area contributed by atoms with E-state index in [0.717, 1.165) is 14.9 Å². The van der Waals surface area contributed by atoms with E-state index in [1.54, 1.807) is 0 Å². The summed E-state index contributed by atoms with van der Waals surface area (Å²) in [6.07, 6.45) is 0. The molecule has 2 aromatic rings. The average Bonchev–Trinajstić information content (AvgIpc) is 2.85. The zero-order chi connectivity index (χ0) is 14.7. The van der Waals surface area contributed by atoms with Crippen LogP contribution in [-0.4, -0.2) is 20.0 Å². The van der Waals surface area contributed by atoms with E-state index in [0.29, 0.717) is 5.56 Å². The standard InChI is InChI=1S/C15H17ClN2OS/c1-10(13-7-8-14(16)20-13)17-15(19)11-5-4-6-12(9-11)18(2)3/h4-10H,1-3H3,(H,17,19)/t10-/m1/s1. The summed E-state index contributed by atoms with van der Waals surface area (Å²) in [5, 5.41) is 2.99. The lowest BCUT2D eigenvalue weighted by atomic mass is 10.1. The van der Waals surface area contributed by atoms with Gasteiger partial charge >= 0.3 is 0 Å². The molecule has 0 aliphatic heterocycles. The van der Waals surface area contributed by atoms with Crippen molar-refractivity contribution in [2.75, 3.05) is 19.0 Å².